The number of nitrogens with one attached hydrogen (secondary N) is 3. The number of nitrogens with two attached hydrogens (primary N) is 4. The molecule has 14 nitrogen and oxygen atoms in total. The topological polar surface area (TPSA) is 261 Å². The molecule has 0 aliphatic heterocycles. The third-order valence-electron chi connectivity index (χ3n) is 4.50. The number of carboxylic acids is 1. The fourth-order valence-electron chi connectivity index (χ4n) is 2.61. The Morgan fingerprint density at radius 3 is 1.97 bits per heavy atom. The van der Waals surface area contributed by atoms with Crippen molar-refractivity contribution in [3.63, 3.8) is 0 Å². The van der Waals surface area contributed by atoms with Gasteiger partial charge in [0.05, 0.1) is 12.6 Å². The molecule has 190 valence electrons. The number of rotatable bonds is 17. The van der Waals surface area contributed by atoms with Crippen molar-refractivity contribution in [2.45, 2.75) is 56.3 Å². The molecule has 0 rings (SSSR count). The van der Waals surface area contributed by atoms with Crippen molar-refractivity contribution < 1.29 is 29.4 Å². The minimum atomic E-state index is -1.43. The van der Waals surface area contributed by atoms with Crippen molar-refractivity contribution in [3.05, 3.63) is 0 Å². The van der Waals surface area contributed by atoms with Gasteiger partial charge < -0.3 is 49.1 Å². The van der Waals surface area contributed by atoms with Gasteiger partial charge in [-0.1, -0.05) is 0 Å². The van der Waals surface area contributed by atoms with Crippen LogP contribution in [0.25, 0.3) is 0 Å². The van der Waals surface area contributed by atoms with E-state index in [2.05, 4.69) is 33.6 Å². The van der Waals surface area contributed by atoms with Crippen LogP contribution in [0.1, 0.15) is 32.1 Å². The summed E-state index contributed by atoms with van der Waals surface area (Å²) in [4.78, 5) is 52.2. The van der Waals surface area contributed by atoms with Crippen molar-refractivity contribution in [2.75, 3.05) is 25.4 Å². The Hall–Kier alpha value is -2.62. The standard InChI is InChI=1S/C18H36N8O6S/c19-6-2-1-5-11(17(31)32)24-15(29)12(8-27)25-16(30)13(9-33)26-14(28)10(20)4-3-7-23-18(21)22/h10-13,27,33H,1-9,19-20H2,(H,24,29)(H,25,30)(H,26,28)(H,31,32)(H4,21,22,23). The van der Waals surface area contributed by atoms with E-state index >= 15 is 0 Å². The molecule has 0 spiro atoms. The molecule has 0 aromatic carbocycles. The van der Waals surface area contributed by atoms with Gasteiger partial charge in [0.25, 0.3) is 0 Å². The molecule has 0 aliphatic rings. The smallest absolute Gasteiger partial charge is 0.326 e. The van der Waals surface area contributed by atoms with Gasteiger partial charge in [0.15, 0.2) is 5.96 Å². The number of aliphatic hydroxyl groups excluding tert-OH is 1. The molecule has 3 amide bonds. The summed E-state index contributed by atoms with van der Waals surface area (Å²) in [5.74, 6) is -3.74. The van der Waals surface area contributed by atoms with Crippen LogP contribution in [-0.4, -0.2) is 89.5 Å². The Labute approximate surface area is 197 Å². The van der Waals surface area contributed by atoms with Gasteiger partial charge in [-0.3, -0.25) is 19.4 Å². The molecule has 13 N–H and O–H groups in total. The van der Waals surface area contributed by atoms with E-state index in [1.807, 2.05) is 0 Å². The molecular weight excluding hydrogens is 456 g/mol. The van der Waals surface area contributed by atoms with E-state index in [0.717, 1.165) is 0 Å². The first-order valence-electron chi connectivity index (χ1n) is 10.4. The number of aliphatic carboxylic acids is 1. The van der Waals surface area contributed by atoms with E-state index in [0.29, 0.717) is 25.8 Å². The zero-order valence-corrected chi connectivity index (χ0v) is 19.3. The van der Waals surface area contributed by atoms with E-state index in [1.54, 1.807) is 0 Å². The monoisotopic (exact) mass is 492 g/mol. The normalized spacial score (nSPS) is 14.3. The fraction of sp³-hybridized carbons (Fsp3) is 0.722. The molecule has 0 bridgehead atoms. The lowest BCUT2D eigenvalue weighted by atomic mass is 10.1. The molecule has 33 heavy (non-hydrogen) atoms. The highest BCUT2D eigenvalue weighted by atomic mass is 32.1. The molecule has 15 heteroatoms. The van der Waals surface area contributed by atoms with Gasteiger partial charge >= 0.3 is 5.97 Å². The molecule has 0 aromatic heterocycles. The number of carboxylic acid groups (broad SMARTS) is 1. The molecule has 4 atom stereocenters. The van der Waals surface area contributed by atoms with Gasteiger partial charge in [-0.2, -0.15) is 12.6 Å². The number of amides is 3. The fourth-order valence-corrected chi connectivity index (χ4v) is 2.87. The Balaban J connectivity index is 4.85. The van der Waals surface area contributed by atoms with Crippen molar-refractivity contribution in [3.8, 4) is 0 Å². The van der Waals surface area contributed by atoms with Crippen LogP contribution in [0.3, 0.4) is 0 Å². The predicted molar refractivity (Wildman–Crippen MR) is 125 cm³/mol. The highest BCUT2D eigenvalue weighted by Crippen LogP contribution is 2.02. The summed E-state index contributed by atoms with van der Waals surface area (Å²) >= 11 is 4.03. The SMILES string of the molecule is NCCCCC(NC(=O)C(CO)NC(=O)C(CS)NC(=O)C(N)CCCN=C(N)N)C(=O)O. The molecule has 0 aliphatic carbocycles. The third kappa shape index (κ3) is 12.9. The van der Waals surface area contributed by atoms with E-state index < -0.39 is 54.5 Å². The molecule has 0 saturated carbocycles. The van der Waals surface area contributed by atoms with Crippen LogP contribution in [-0.2, 0) is 19.2 Å². The Morgan fingerprint density at radius 1 is 0.879 bits per heavy atom. The average molecular weight is 493 g/mol. The molecule has 0 saturated heterocycles. The van der Waals surface area contributed by atoms with Crippen molar-refractivity contribution >= 4 is 42.3 Å². The number of carbonyl (C=O) groups is 4. The highest BCUT2D eigenvalue weighted by Gasteiger charge is 2.29. The maximum absolute atomic E-state index is 12.5. The van der Waals surface area contributed by atoms with Gasteiger partial charge in [0, 0.05) is 12.3 Å². The number of hydrogen-bond acceptors (Lipinski definition) is 9. The lowest BCUT2D eigenvalue weighted by Gasteiger charge is -2.23. The predicted octanol–water partition coefficient (Wildman–Crippen LogP) is -4.04. The summed E-state index contributed by atoms with van der Waals surface area (Å²) in [5.41, 5.74) is 21.6. The maximum atomic E-state index is 12.5. The molecule has 4 unspecified atom stereocenters. The summed E-state index contributed by atoms with van der Waals surface area (Å²) in [6.45, 7) is -0.118. The van der Waals surface area contributed by atoms with Crippen molar-refractivity contribution in [2.24, 2.45) is 27.9 Å². The first-order chi connectivity index (χ1) is 15.6. The van der Waals surface area contributed by atoms with E-state index in [1.165, 1.54) is 0 Å². The second-order valence-corrected chi connectivity index (χ2v) is 7.59. The largest absolute Gasteiger partial charge is 0.480 e. The van der Waals surface area contributed by atoms with Gasteiger partial charge in [-0.05, 0) is 38.6 Å². The molecular formula is C18H36N8O6S. The zero-order chi connectivity index (χ0) is 25.4. The number of guanidine groups is 1. The van der Waals surface area contributed by atoms with E-state index in [4.69, 9.17) is 22.9 Å². The molecule has 0 heterocycles. The average Bonchev–Trinajstić information content (AvgIpc) is 2.76. The Kier molecular flexibility index (Phi) is 15.6. The Bertz CT molecular complexity index is 676. The number of nitrogens with zero attached hydrogens (tertiary/aromatic N) is 1. The van der Waals surface area contributed by atoms with E-state index in [-0.39, 0.29) is 31.1 Å². The summed E-state index contributed by atoms with van der Waals surface area (Å²) in [7, 11) is 0. The first-order valence-corrected chi connectivity index (χ1v) is 11.1. The minimum absolute atomic E-state index is 0.0764. The van der Waals surface area contributed by atoms with Crippen LogP contribution >= 0.6 is 12.6 Å². The van der Waals surface area contributed by atoms with Gasteiger partial charge in [0.1, 0.15) is 18.1 Å². The molecule has 0 fully saturated rings. The first kappa shape index (κ1) is 30.4. The van der Waals surface area contributed by atoms with Gasteiger partial charge in [-0.15, -0.1) is 0 Å². The lowest BCUT2D eigenvalue weighted by Crippen LogP contribution is -2.58. The summed E-state index contributed by atoms with van der Waals surface area (Å²) in [5, 5.41) is 25.7. The minimum Gasteiger partial charge on any atom is -0.480 e. The van der Waals surface area contributed by atoms with Crippen LogP contribution < -0.4 is 38.9 Å². The second-order valence-electron chi connectivity index (χ2n) is 7.23. The lowest BCUT2D eigenvalue weighted by molar-refractivity contribution is -0.142. The van der Waals surface area contributed by atoms with Gasteiger partial charge in [-0.25, -0.2) is 4.79 Å². The number of thiol groups is 1. The molecule has 0 radical (unpaired) electrons. The summed E-state index contributed by atoms with van der Waals surface area (Å²) in [6.07, 6.45) is 1.89. The van der Waals surface area contributed by atoms with Crippen LogP contribution in [0.5, 0.6) is 0 Å². The third-order valence-corrected chi connectivity index (χ3v) is 4.86. The maximum Gasteiger partial charge on any atom is 0.326 e. The van der Waals surface area contributed by atoms with Crippen molar-refractivity contribution in [1.29, 1.82) is 0 Å². The van der Waals surface area contributed by atoms with E-state index in [9.17, 15) is 29.4 Å². The van der Waals surface area contributed by atoms with Crippen LogP contribution in [0.15, 0.2) is 4.99 Å². The highest BCUT2D eigenvalue weighted by molar-refractivity contribution is 7.80. The molecule has 0 aromatic rings. The van der Waals surface area contributed by atoms with Crippen LogP contribution in [0.4, 0.5) is 0 Å². The van der Waals surface area contributed by atoms with Crippen molar-refractivity contribution in [1.82, 2.24) is 16.0 Å². The number of aliphatic hydroxyl groups is 1. The number of hydrogen-bond donors (Lipinski definition) is 10. The number of unbranched alkanes of at least 4 members (excludes halogenated alkanes) is 1. The number of carbonyl (C=O) groups excluding carboxylic acids is 3. The summed E-state index contributed by atoms with van der Waals surface area (Å²) < 4.78 is 0. The number of aliphatic imine (C=N–C) groups is 1. The summed E-state index contributed by atoms with van der Waals surface area (Å²) in [6, 6.07) is -4.71. The Morgan fingerprint density at radius 2 is 1.45 bits per heavy atom. The van der Waals surface area contributed by atoms with Crippen LogP contribution in [0.2, 0.25) is 0 Å². The quantitative estimate of drug-likeness (QED) is 0.0406. The van der Waals surface area contributed by atoms with Crippen LogP contribution in [0, 0.1) is 0 Å². The second kappa shape index (κ2) is 16.9. The zero-order valence-electron chi connectivity index (χ0n) is 18.4. The van der Waals surface area contributed by atoms with Gasteiger partial charge in [0.2, 0.25) is 17.7 Å².